The average Bonchev–Trinajstić information content (AvgIpc) is 3.08. The first-order valence-electron chi connectivity index (χ1n) is 8.20. The zero-order valence-electron chi connectivity index (χ0n) is 13.3. The molecule has 1 fully saturated rings. The van der Waals surface area contributed by atoms with Gasteiger partial charge in [0.05, 0.1) is 10.0 Å². The lowest BCUT2D eigenvalue weighted by Gasteiger charge is -2.16. The molecular weight excluding hydrogens is 409 g/mol. The second kappa shape index (κ2) is 8.57. The van der Waals surface area contributed by atoms with E-state index in [2.05, 4.69) is 27.3 Å². The first kappa shape index (κ1) is 18.1. The predicted octanol–water partition coefficient (Wildman–Crippen LogP) is 6.37. The van der Waals surface area contributed by atoms with Gasteiger partial charge >= 0.3 is 0 Å². The fourth-order valence-corrected chi connectivity index (χ4v) is 3.73. The van der Waals surface area contributed by atoms with Crippen molar-refractivity contribution in [3.8, 4) is 5.75 Å². The Morgan fingerprint density at radius 1 is 1.04 bits per heavy atom. The number of hydrogen-bond acceptors (Lipinski definition) is 2. The molecule has 1 aliphatic carbocycles. The second-order valence-corrected chi connectivity index (χ2v) is 7.88. The van der Waals surface area contributed by atoms with Crippen molar-refractivity contribution in [2.45, 2.75) is 44.9 Å². The van der Waals surface area contributed by atoms with E-state index >= 15 is 0 Å². The van der Waals surface area contributed by atoms with Crippen LogP contribution in [0.1, 0.15) is 36.8 Å². The largest absolute Gasteiger partial charge is 0.489 e. The molecule has 0 aromatic heterocycles. The molecule has 0 radical (unpaired) electrons. The highest BCUT2D eigenvalue weighted by molar-refractivity contribution is 9.10. The summed E-state index contributed by atoms with van der Waals surface area (Å²) in [6.07, 6.45) is 5.20. The Hall–Kier alpha value is -0.740. The molecule has 2 aromatic rings. The van der Waals surface area contributed by atoms with Crippen molar-refractivity contribution in [3.63, 3.8) is 0 Å². The van der Waals surface area contributed by atoms with Gasteiger partial charge in [-0.05, 0) is 48.7 Å². The maximum Gasteiger partial charge on any atom is 0.124 e. The van der Waals surface area contributed by atoms with Crippen LogP contribution in [0.2, 0.25) is 10.0 Å². The van der Waals surface area contributed by atoms with Crippen LogP contribution in [0.25, 0.3) is 0 Å². The highest BCUT2D eigenvalue weighted by Gasteiger charge is 2.15. The average molecular weight is 429 g/mol. The Labute approximate surface area is 161 Å². The second-order valence-electron chi connectivity index (χ2n) is 6.15. The van der Waals surface area contributed by atoms with Gasteiger partial charge in [-0.15, -0.1) is 0 Å². The van der Waals surface area contributed by atoms with Gasteiger partial charge in [-0.2, -0.15) is 0 Å². The van der Waals surface area contributed by atoms with Crippen LogP contribution in [0, 0.1) is 0 Å². The molecule has 1 N–H and O–H groups in total. The van der Waals surface area contributed by atoms with Gasteiger partial charge < -0.3 is 10.1 Å². The number of benzene rings is 2. The van der Waals surface area contributed by atoms with Crippen molar-refractivity contribution < 1.29 is 4.74 Å². The SMILES string of the molecule is Clc1ccc(COc2ccc(Br)cc2CNC2CCCC2)cc1Cl. The molecule has 1 aliphatic rings. The summed E-state index contributed by atoms with van der Waals surface area (Å²) in [6, 6.07) is 12.3. The first-order chi connectivity index (χ1) is 11.6. The predicted molar refractivity (Wildman–Crippen MR) is 104 cm³/mol. The molecule has 0 aliphatic heterocycles. The Morgan fingerprint density at radius 3 is 2.58 bits per heavy atom. The lowest BCUT2D eigenvalue weighted by atomic mass is 10.1. The van der Waals surface area contributed by atoms with Gasteiger partial charge in [-0.3, -0.25) is 0 Å². The summed E-state index contributed by atoms with van der Waals surface area (Å²) in [5, 5.41) is 4.75. The van der Waals surface area contributed by atoms with E-state index in [0.717, 1.165) is 27.9 Å². The van der Waals surface area contributed by atoms with Crippen molar-refractivity contribution in [3.05, 3.63) is 62.0 Å². The van der Waals surface area contributed by atoms with Crippen LogP contribution in [0.4, 0.5) is 0 Å². The van der Waals surface area contributed by atoms with E-state index in [1.807, 2.05) is 24.3 Å². The molecule has 0 saturated heterocycles. The molecule has 1 saturated carbocycles. The molecule has 0 unspecified atom stereocenters. The van der Waals surface area contributed by atoms with Crippen LogP contribution in [0.3, 0.4) is 0 Å². The fourth-order valence-electron chi connectivity index (χ4n) is 3.00. The van der Waals surface area contributed by atoms with Crippen LogP contribution in [0.15, 0.2) is 40.9 Å². The molecule has 0 amide bonds. The smallest absolute Gasteiger partial charge is 0.124 e. The fraction of sp³-hybridized carbons (Fsp3) is 0.368. The quantitative estimate of drug-likeness (QED) is 0.577. The van der Waals surface area contributed by atoms with E-state index in [0.29, 0.717) is 22.7 Å². The number of hydrogen-bond donors (Lipinski definition) is 1. The summed E-state index contributed by atoms with van der Waals surface area (Å²) in [4.78, 5) is 0. The minimum absolute atomic E-state index is 0.467. The molecule has 3 rings (SSSR count). The normalized spacial score (nSPS) is 15.0. The number of nitrogens with one attached hydrogen (secondary N) is 1. The maximum absolute atomic E-state index is 6.07. The standard InChI is InChI=1S/C19H20BrCl2NO/c20-15-6-8-19(14(10-15)11-23-16-3-1-2-4-16)24-12-13-5-7-17(21)18(22)9-13/h5-10,16,23H,1-4,11-12H2. The van der Waals surface area contributed by atoms with Crippen molar-refractivity contribution in [2.24, 2.45) is 0 Å². The van der Waals surface area contributed by atoms with Gasteiger partial charge in [0, 0.05) is 22.6 Å². The monoisotopic (exact) mass is 427 g/mol. The molecule has 24 heavy (non-hydrogen) atoms. The summed E-state index contributed by atoms with van der Waals surface area (Å²) >= 11 is 15.6. The van der Waals surface area contributed by atoms with Crippen LogP contribution in [-0.2, 0) is 13.2 Å². The summed E-state index contributed by atoms with van der Waals surface area (Å²) in [6.45, 7) is 1.29. The third-order valence-electron chi connectivity index (χ3n) is 4.34. The highest BCUT2D eigenvalue weighted by Crippen LogP contribution is 2.27. The highest BCUT2D eigenvalue weighted by atomic mass is 79.9. The number of rotatable bonds is 6. The van der Waals surface area contributed by atoms with Crippen molar-refractivity contribution in [1.29, 1.82) is 0 Å². The Balaban J connectivity index is 1.66. The molecule has 2 aromatic carbocycles. The van der Waals surface area contributed by atoms with Crippen LogP contribution >= 0.6 is 39.1 Å². The van der Waals surface area contributed by atoms with Gasteiger partial charge in [0.1, 0.15) is 12.4 Å². The molecule has 0 bridgehead atoms. The molecule has 2 nitrogen and oxygen atoms in total. The van der Waals surface area contributed by atoms with Crippen LogP contribution < -0.4 is 10.1 Å². The Bertz CT molecular complexity index is 702. The minimum atomic E-state index is 0.467. The van der Waals surface area contributed by atoms with E-state index in [9.17, 15) is 0 Å². The van der Waals surface area contributed by atoms with Gasteiger partial charge in [0.2, 0.25) is 0 Å². The Kier molecular flexibility index (Phi) is 6.45. The van der Waals surface area contributed by atoms with E-state index in [1.165, 1.54) is 25.7 Å². The van der Waals surface area contributed by atoms with Gasteiger partial charge in [0.25, 0.3) is 0 Å². The van der Waals surface area contributed by atoms with E-state index < -0.39 is 0 Å². The molecule has 0 spiro atoms. The maximum atomic E-state index is 6.07. The third kappa shape index (κ3) is 4.89. The van der Waals surface area contributed by atoms with Crippen molar-refractivity contribution in [2.75, 3.05) is 0 Å². The molecular formula is C19H20BrCl2NO. The topological polar surface area (TPSA) is 21.3 Å². The van der Waals surface area contributed by atoms with Gasteiger partial charge in [-0.25, -0.2) is 0 Å². The van der Waals surface area contributed by atoms with E-state index in [-0.39, 0.29) is 0 Å². The third-order valence-corrected chi connectivity index (χ3v) is 5.57. The van der Waals surface area contributed by atoms with E-state index in [4.69, 9.17) is 27.9 Å². The summed E-state index contributed by atoms with van der Waals surface area (Å²) in [5.74, 6) is 0.898. The Morgan fingerprint density at radius 2 is 1.83 bits per heavy atom. The van der Waals surface area contributed by atoms with Crippen LogP contribution in [-0.4, -0.2) is 6.04 Å². The zero-order valence-corrected chi connectivity index (χ0v) is 16.4. The summed E-state index contributed by atoms with van der Waals surface area (Å²) in [7, 11) is 0. The molecule has 5 heteroatoms. The summed E-state index contributed by atoms with van der Waals surface area (Å²) in [5.41, 5.74) is 2.17. The molecule has 0 heterocycles. The van der Waals surface area contributed by atoms with E-state index in [1.54, 1.807) is 6.07 Å². The number of ether oxygens (including phenoxy) is 1. The molecule has 128 valence electrons. The first-order valence-corrected chi connectivity index (χ1v) is 9.75. The lowest BCUT2D eigenvalue weighted by Crippen LogP contribution is -2.25. The summed E-state index contributed by atoms with van der Waals surface area (Å²) < 4.78 is 7.09. The molecule has 0 atom stereocenters. The van der Waals surface area contributed by atoms with Crippen molar-refractivity contribution in [1.82, 2.24) is 5.32 Å². The van der Waals surface area contributed by atoms with Crippen molar-refractivity contribution >= 4 is 39.1 Å². The lowest BCUT2D eigenvalue weighted by molar-refractivity contribution is 0.301. The van der Waals surface area contributed by atoms with Gasteiger partial charge in [-0.1, -0.05) is 58.0 Å². The van der Waals surface area contributed by atoms with Gasteiger partial charge in [0.15, 0.2) is 0 Å². The minimum Gasteiger partial charge on any atom is -0.489 e. The zero-order chi connectivity index (χ0) is 16.9. The van der Waals surface area contributed by atoms with Crippen LogP contribution in [0.5, 0.6) is 5.75 Å². The number of halogens is 3.